The van der Waals surface area contributed by atoms with Crippen LogP contribution in [-0.2, 0) is 22.4 Å². The fraction of sp³-hybridized carbons (Fsp3) is 0.300. The molecule has 4 rings (SSSR count). The first-order valence-electron chi connectivity index (χ1n) is 16.5. The lowest BCUT2D eigenvalue weighted by atomic mass is 10.0. The monoisotopic (exact) mass is 648 g/mol. The fourth-order valence-corrected chi connectivity index (χ4v) is 5.13. The van der Waals surface area contributed by atoms with Gasteiger partial charge in [0.05, 0.1) is 24.6 Å². The summed E-state index contributed by atoms with van der Waals surface area (Å²) in [6.07, 6.45) is 6.33. The third-order valence-electron chi connectivity index (χ3n) is 7.85. The van der Waals surface area contributed by atoms with Crippen LogP contribution in [-0.4, -0.2) is 36.2 Å². The molecule has 0 radical (unpaired) electrons. The first-order chi connectivity index (χ1) is 23.2. The van der Waals surface area contributed by atoms with Gasteiger partial charge in [-0.05, 0) is 98.5 Å². The number of benzene rings is 4. The van der Waals surface area contributed by atoms with Gasteiger partial charge in [-0.2, -0.15) is 0 Å². The lowest BCUT2D eigenvalue weighted by Crippen LogP contribution is -2.41. The zero-order chi connectivity index (χ0) is 34.3. The molecule has 8 heteroatoms. The number of ether oxygens (including phenoxy) is 2. The Hall–Kier alpha value is -5.24. The van der Waals surface area contributed by atoms with E-state index in [1.54, 1.807) is 72.8 Å². The number of ketones is 1. The van der Waals surface area contributed by atoms with E-state index in [1.165, 1.54) is 26.2 Å². The lowest BCUT2D eigenvalue weighted by Gasteiger charge is -2.17. The molecule has 2 amide bonds. The highest BCUT2D eigenvalue weighted by molar-refractivity contribution is 5.98. The standard InChI is InChI=1S/C40H44N2O6/c1-4-5-6-7-8-24-47-35-22-16-33(17-23-35)40(46)48-36-20-12-30(13-21-36)26-37(29(3)43)42-39(45)32-14-18-34(19-15-32)41-38(44)27-31-11-9-10-28(2)25-31/h9-23,25,37H,4-8,24,26-27H2,1-3H3,(H,41,44)(H,42,45)/t37-/m0/s1. The van der Waals surface area contributed by atoms with Crippen molar-refractivity contribution in [2.24, 2.45) is 0 Å². The van der Waals surface area contributed by atoms with Crippen LogP contribution in [0.1, 0.15) is 83.4 Å². The number of hydrogen-bond acceptors (Lipinski definition) is 6. The summed E-state index contributed by atoms with van der Waals surface area (Å²) >= 11 is 0. The average molecular weight is 649 g/mol. The maximum atomic E-state index is 13.0. The summed E-state index contributed by atoms with van der Waals surface area (Å²) < 4.78 is 11.3. The van der Waals surface area contributed by atoms with Gasteiger partial charge in [-0.15, -0.1) is 0 Å². The van der Waals surface area contributed by atoms with Crippen molar-refractivity contribution < 1.29 is 28.7 Å². The molecular weight excluding hydrogens is 604 g/mol. The molecule has 8 nitrogen and oxygen atoms in total. The van der Waals surface area contributed by atoms with Crippen molar-refractivity contribution in [2.45, 2.75) is 71.8 Å². The minimum absolute atomic E-state index is 0.155. The Labute approximate surface area is 282 Å². The van der Waals surface area contributed by atoms with Gasteiger partial charge in [0, 0.05) is 11.3 Å². The lowest BCUT2D eigenvalue weighted by molar-refractivity contribution is -0.119. The summed E-state index contributed by atoms with van der Waals surface area (Å²) in [5, 5.41) is 5.65. The molecule has 1 atom stereocenters. The number of nitrogens with one attached hydrogen (secondary N) is 2. The summed E-state index contributed by atoms with van der Waals surface area (Å²) in [6, 6.07) is 27.3. The SMILES string of the molecule is CCCCCCCOc1ccc(C(=O)Oc2ccc(C[C@H](NC(=O)c3ccc(NC(=O)Cc4cccc(C)c4)cc3)C(C)=O)cc2)cc1. The van der Waals surface area contributed by atoms with Gasteiger partial charge in [0.25, 0.3) is 5.91 Å². The van der Waals surface area contributed by atoms with E-state index in [-0.39, 0.29) is 24.5 Å². The quantitative estimate of drug-likeness (QED) is 0.0691. The second-order valence-corrected chi connectivity index (χ2v) is 12.0. The second kappa shape index (κ2) is 18.2. The minimum atomic E-state index is -0.753. The first kappa shape index (κ1) is 35.6. The van der Waals surface area contributed by atoms with Crippen molar-refractivity contribution in [3.63, 3.8) is 0 Å². The van der Waals surface area contributed by atoms with Gasteiger partial charge in [-0.25, -0.2) is 4.79 Å². The predicted octanol–water partition coefficient (Wildman–Crippen LogP) is 7.67. The number of unbranched alkanes of at least 4 members (excludes halogenated alkanes) is 4. The molecule has 0 heterocycles. The number of amides is 2. The summed E-state index contributed by atoms with van der Waals surface area (Å²) in [5.74, 6) is -0.151. The van der Waals surface area contributed by atoms with E-state index in [0.717, 1.165) is 29.5 Å². The Morgan fingerprint density at radius 1 is 0.729 bits per heavy atom. The van der Waals surface area contributed by atoms with Crippen LogP contribution < -0.4 is 20.1 Å². The van der Waals surface area contributed by atoms with Gasteiger partial charge in [-0.3, -0.25) is 14.4 Å². The minimum Gasteiger partial charge on any atom is -0.494 e. The Morgan fingerprint density at radius 3 is 2.06 bits per heavy atom. The maximum Gasteiger partial charge on any atom is 0.343 e. The smallest absolute Gasteiger partial charge is 0.343 e. The maximum absolute atomic E-state index is 13.0. The molecule has 0 aliphatic heterocycles. The van der Waals surface area contributed by atoms with Crippen molar-refractivity contribution in [2.75, 3.05) is 11.9 Å². The highest BCUT2D eigenvalue weighted by atomic mass is 16.5. The van der Waals surface area contributed by atoms with E-state index >= 15 is 0 Å². The molecule has 0 bridgehead atoms. The number of carbonyl (C=O) groups is 4. The molecule has 4 aromatic carbocycles. The van der Waals surface area contributed by atoms with Gasteiger partial charge < -0.3 is 20.1 Å². The third-order valence-corrected chi connectivity index (χ3v) is 7.85. The number of esters is 1. The Morgan fingerprint density at radius 2 is 1.40 bits per heavy atom. The highest BCUT2D eigenvalue weighted by Crippen LogP contribution is 2.19. The van der Waals surface area contributed by atoms with Crippen LogP contribution in [0.3, 0.4) is 0 Å². The Bertz CT molecular complexity index is 1660. The molecule has 0 fully saturated rings. The van der Waals surface area contributed by atoms with Crippen LogP contribution in [0.15, 0.2) is 97.1 Å². The van der Waals surface area contributed by atoms with Crippen molar-refractivity contribution in [3.05, 3.63) is 125 Å². The highest BCUT2D eigenvalue weighted by Gasteiger charge is 2.19. The molecular formula is C40H44N2O6. The number of carbonyl (C=O) groups excluding carboxylic acids is 4. The summed E-state index contributed by atoms with van der Waals surface area (Å²) in [6.45, 7) is 6.25. The molecule has 4 aromatic rings. The van der Waals surface area contributed by atoms with E-state index in [9.17, 15) is 19.2 Å². The summed E-state index contributed by atoms with van der Waals surface area (Å²) in [7, 11) is 0. The molecule has 0 spiro atoms. The van der Waals surface area contributed by atoms with Crippen LogP contribution in [0.4, 0.5) is 5.69 Å². The zero-order valence-corrected chi connectivity index (χ0v) is 27.9. The molecule has 0 aliphatic rings. The van der Waals surface area contributed by atoms with E-state index < -0.39 is 17.9 Å². The van der Waals surface area contributed by atoms with E-state index in [2.05, 4.69) is 17.6 Å². The van der Waals surface area contributed by atoms with Gasteiger partial charge in [0.15, 0.2) is 5.78 Å². The third kappa shape index (κ3) is 11.5. The first-order valence-corrected chi connectivity index (χ1v) is 16.5. The number of hydrogen-bond donors (Lipinski definition) is 2. The van der Waals surface area contributed by atoms with Crippen LogP contribution >= 0.6 is 0 Å². The van der Waals surface area contributed by atoms with Gasteiger partial charge in [0.2, 0.25) is 5.91 Å². The number of aryl methyl sites for hydroxylation is 1. The van der Waals surface area contributed by atoms with Crippen LogP contribution in [0.2, 0.25) is 0 Å². The molecule has 0 unspecified atom stereocenters. The van der Waals surface area contributed by atoms with Crippen molar-refractivity contribution in [3.8, 4) is 11.5 Å². The molecule has 0 aromatic heterocycles. The average Bonchev–Trinajstić information content (AvgIpc) is 3.07. The number of anilines is 1. The van der Waals surface area contributed by atoms with Gasteiger partial charge in [-0.1, -0.05) is 74.6 Å². The predicted molar refractivity (Wildman–Crippen MR) is 188 cm³/mol. The largest absolute Gasteiger partial charge is 0.494 e. The number of Topliss-reactive ketones (excluding diaryl/α,β-unsaturated/α-hetero) is 1. The van der Waals surface area contributed by atoms with Gasteiger partial charge >= 0.3 is 5.97 Å². The van der Waals surface area contributed by atoms with Gasteiger partial charge in [0.1, 0.15) is 11.5 Å². The summed E-state index contributed by atoms with van der Waals surface area (Å²) in [5.41, 5.74) is 4.14. The van der Waals surface area contributed by atoms with Crippen LogP contribution in [0.25, 0.3) is 0 Å². The van der Waals surface area contributed by atoms with E-state index in [0.29, 0.717) is 34.9 Å². The van der Waals surface area contributed by atoms with E-state index in [4.69, 9.17) is 9.47 Å². The van der Waals surface area contributed by atoms with Crippen LogP contribution in [0.5, 0.6) is 11.5 Å². The number of rotatable bonds is 17. The van der Waals surface area contributed by atoms with Crippen LogP contribution in [0, 0.1) is 6.92 Å². The van der Waals surface area contributed by atoms with Crippen molar-refractivity contribution in [1.29, 1.82) is 0 Å². The summed E-state index contributed by atoms with van der Waals surface area (Å²) in [4.78, 5) is 50.5. The van der Waals surface area contributed by atoms with E-state index in [1.807, 2.05) is 31.2 Å². The zero-order valence-electron chi connectivity index (χ0n) is 27.9. The molecule has 2 N–H and O–H groups in total. The Balaban J connectivity index is 1.24. The molecule has 0 saturated carbocycles. The molecule has 250 valence electrons. The molecule has 48 heavy (non-hydrogen) atoms. The fourth-order valence-electron chi connectivity index (χ4n) is 5.13. The topological polar surface area (TPSA) is 111 Å². The normalized spacial score (nSPS) is 11.3. The Kier molecular flexibility index (Phi) is 13.5. The molecule has 0 aliphatic carbocycles. The second-order valence-electron chi connectivity index (χ2n) is 12.0. The molecule has 0 saturated heterocycles. The van der Waals surface area contributed by atoms with Crippen molar-refractivity contribution >= 4 is 29.3 Å². The van der Waals surface area contributed by atoms with Crippen molar-refractivity contribution in [1.82, 2.24) is 5.32 Å².